The molecule has 0 bridgehead atoms. The number of benzene rings is 1. The molecule has 1 aromatic carbocycles. The van der Waals surface area contributed by atoms with Crippen molar-refractivity contribution < 1.29 is 27.4 Å². The van der Waals surface area contributed by atoms with Gasteiger partial charge in [-0.15, -0.1) is 13.2 Å². The van der Waals surface area contributed by atoms with Crippen molar-refractivity contribution in [1.82, 2.24) is 5.32 Å². The van der Waals surface area contributed by atoms with E-state index in [1.807, 2.05) is 6.92 Å². The number of carbonyl (C=O) groups is 1. The maximum atomic E-state index is 12.4. The molecule has 1 amide bonds. The molecular weight excluding hydrogens is 349 g/mol. The lowest BCUT2D eigenvalue weighted by Crippen LogP contribution is -2.45. The molecule has 0 spiro atoms. The summed E-state index contributed by atoms with van der Waals surface area (Å²) in [4.78, 5) is 12.4. The molecule has 0 heterocycles. The lowest BCUT2D eigenvalue weighted by atomic mass is 9.83. The molecule has 5 nitrogen and oxygen atoms in total. The van der Waals surface area contributed by atoms with Crippen LogP contribution in [0.1, 0.15) is 38.2 Å². The number of ether oxygens (including phenoxy) is 2. The van der Waals surface area contributed by atoms with Gasteiger partial charge in [0.05, 0.1) is 6.10 Å². The molecule has 2 rings (SSSR count). The van der Waals surface area contributed by atoms with Crippen molar-refractivity contribution in [2.75, 3.05) is 6.61 Å². The molecule has 1 aromatic rings. The van der Waals surface area contributed by atoms with Gasteiger partial charge in [0, 0.05) is 25.1 Å². The van der Waals surface area contributed by atoms with Crippen molar-refractivity contribution in [3.63, 3.8) is 0 Å². The topological polar surface area (TPSA) is 73.6 Å². The first-order valence-electron chi connectivity index (χ1n) is 8.78. The van der Waals surface area contributed by atoms with E-state index in [1.54, 1.807) is 6.07 Å². The van der Waals surface area contributed by atoms with Crippen LogP contribution in [0, 0.1) is 5.92 Å². The summed E-state index contributed by atoms with van der Waals surface area (Å²) in [5.74, 6) is -0.642. The minimum atomic E-state index is -4.74. The van der Waals surface area contributed by atoms with E-state index in [0.29, 0.717) is 31.4 Å². The highest BCUT2D eigenvalue weighted by molar-refractivity contribution is 5.78. The fourth-order valence-electron chi connectivity index (χ4n) is 3.04. The van der Waals surface area contributed by atoms with Crippen LogP contribution in [-0.2, 0) is 16.1 Å². The summed E-state index contributed by atoms with van der Waals surface area (Å²) in [6, 6.07) is 5.50. The molecular formula is C18H25F3N2O3. The largest absolute Gasteiger partial charge is 0.573 e. The third-order valence-corrected chi connectivity index (χ3v) is 4.35. The van der Waals surface area contributed by atoms with Crippen LogP contribution in [0.15, 0.2) is 24.3 Å². The smallest absolute Gasteiger partial charge is 0.406 e. The van der Waals surface area contributed by atoms with Gasteiger partial charge in [-0.05, 0) is 43.4 Å². The first-order valence-corrected chi connectivity index (χ1v) is 8.78. The van der Waals surface area contributed by atoms with Crippen LogP contribution in [0.4, 0.5) is 13.2 Å². The van der Waals surface area contributed by atoms with Gasteiger partial charge in [-0.3, -0.25) is 4.79 Å². The third kappa shape index (κ3) is 6.49. The second-order valence-electron chi connectivity index (χ2n) is 6.50. The van der Waals surface area contributed by atoms with Crippen molar-refractivity contribution in [2.45, 2.75) is 57.7 Å². The zero-order valence-corrected chi connectivity index (χ0v) is 14.7. The Morgan fingerprint density at radius 1 is 1.35 bits per heavy atom. The third-order valence-electron chi connectivity index (χ3n) is 4.35. The van der Waals surface area contributed by atoms with Crippen molar-refractivity contribution in [3.8, 4) is 5.75 Å². The summed E-state index contributed by atoms with van der Waals surface area (Å²) >= 11 is 0. The number of alkyl halides is 3. The maximum absolute atomic E-state index is 12.4. The number of nitrogens with one attached hydrogen (secondary N) is 1. The maximum Gasteiger partial charge on any atom is 0.573 e. The average Bonchev–Trinajstić information content (AvgIpc) is 2.58. The van der Waals surface area contributed by atoms with Gasteiger partial charge in [-0.2, -0.15) is 0 Å². The predicted octanol–water partition coefficient (Wildman–Crippen LogP) is 3.12. The fraction of sp³-hybridized carbons (Fsp3) is 0.611. The van der Waals surface area contributed by atoms with E-state index in [0.717, 1.165) is 6.42 Å². The van der Waals surface area contributed by atoms with Gasteiger partial charge in [-0.25, -0.2) is 0 Å². The summed E-state index contributed by atoms with van der Waals surface area (Å²) in [5.41, 5.74) is 6.59. The second kappa shape index (κ2) is 9.23. The number of rotatable bonds is 7. The molecule has 26 heavy (non-hydrogen) atoms. The van der Waals surface area contributed by atoms with Crippen molar-refractivity contribution in [1.29, 1.82) is 0 Å². The highest BCUT2D eigenvalue weighted by atomic mass is 19.4. The molecule has 1 saturated carbocycles. The number of amides is 1. The van der Waals surface area contributed by atoms with Crippen molar-refractivity contribution >= 4 is 5.91 Å². The van der Waals surface area contributed by atoms with Gasteiger partial charge in [0.1, 0.15) is 5.75 Å². The molecule has 0 radical (unpaired) electrons. The van der Waals surface area contributed by atoms with Crippen LogP contribution in [0.5, 0.6) is 5.75 Å². The van der Waals surface area contributed by atoms with Gasteiger partial charge in [0.25, 0.3) is 0 Å². The van der Waals surface area contributed by atoms with Crippen LogP contribution < -0.4 is 15.8 Å². The van der Waals surface area contributed by atoms with Crippen LogP contribution >= 0.6 is 0 Å². The molecule has 0 aromatic heterocycles. The molecule has 0 saturated heterocycles. The van der Waals surface area contributed by atoms with E-state index >= 15 is 0 Å². The second-order valence-corrected chi connectivity index (χ2v) is 6.50. The summed E-state index contributed by atoms with van der Waals surface area (Å²) in [7, 11) is 0. The Morgan fingerprint density at radius 3 is 2.81 bits per heavy atom. The number of halogens is 3. The Hall–Kier alpha value is -1.80. The Kier molecular flexibility index (Phi) is 7.28. The molecule has 0 unspecified atom stereocenters. The fourth-order valence-corrected chi connectivity index (χ4v) is 3.04. The van der Waals surface area contributed by atoms with E-state index in [1.165, 1.54) is 18.2 Å². The molecule has 3 N–H and O–H groups in total. The zero-order valence-electron chi connectivity index (χ0n) is 14.7. The quantitative estimate of drug-likeness (QED) is 0.769. The van der Waals surface area contributed by atoms with E-state index in [9.17, 15) is 18.0 Å². The Balaban J connectivity index is 1.87. The number of carbonyl (C=O) groups excluding carboxylic acids is 1. The summed E-state index contributed by atoms with van der Waals surface area (Å²) in [5, 5.41) is 2.78. The molecule has 0 aliphatic heterocycles. The lowest BCUT2D eigenvalue weighted by molar-refractivity contribution is -0.274. The zero-order chi connectivity index (χ0) is 19.2. The normalized spacial score (nSPS) is 23.5. The van der Waals surface area contributed by atoms with Gasteiger partial charge >= 0.3 is 6.36 Å². The minimum Gasteiger partial charge on any atom is -0.406 e. The van der Waals surface area contributed by atoms with E-state index in [4.69, 9.17) is 10.5 Å². The van der Waals surface area contributed by atoms with Gasteiger partial charge in [0.2, 0.25) is 5.91 Å². The van der Waals surface area contributed by atoms with Gasteiger partial charge < -0.3 is 20.5 Å². The highest BCUT2D eigenvalue weighted by Gasteiger charge is 2.33. The number of hydrogen-bond acceptors (Lipinski definition) is 4. The average molecular weight is 374 g/mol. The van der Waals surface area contributed by atoms with Crippen molar-refractivity contribution in [3.05, 3.63) is 29.8 Å². The molecule has 1 aliphatic rings. The summed E-state index contributed by atoms with van der Waals surface area (Å²) in [6.07, 6.45) is -2.04. The molecule has 8 heteroatoms. The SMILES string of the molecule is CCCO[C@@H]1C[C@@H](C(=O)NCc2cccc(OC(F)(F)F)c2)CC[C@H]1N. The van der Waals surface area contributed by atoms with Crippen LogP contribution in [0.3, 0.4) is 0 Å². The lowest BCUT2D eigenvalue weighted by Gasteiger charge is -2.33. The van der Waals surface area contributed by atoms with E-state index in [2.05, 4.69) is 10.1 Å². The number of nitrogens with two attached hydrogens (primary N) is 1. The number of hydrogen-bond donors (Lipinski definition) is 2. The molecule has 1 fully saturated rings. The van der Waals surface area contributed by atoms with Crippen LogP contribution in [0.25, 0.3) is 0 Å². The monoisotopic (exact) mass is 374 g/mol. The first kappa shape index (κ1) is 20.5. The highest BCUT2D eigenvalue weighted by Crippen LogP contribution is 2.27. The van der Waals surface area contributed by atoms with Crippen LogP contribution in [0.2, 0.25) is 0 Å². The standard InChI is InChI=1S/C18H25F3N2O3/c1-2-8-25-16-10-13(6-7-15(16)22)17(24)23-11-12-4-3-5-14(9-12)26-18(19,20)21/h3-5,9,13,15-16H,2,6-8,10-11,22H2,1H3,(H,23,24)/t13-,15+,16+/m0/s1. The van der Waals surface area contributed by atoms with Gasteiger partial charge in [0.15, 0.2) is 0 Å². The summed E-state index contributed by atoms with van der Waals surface area (Å²) < 4.78 is 46.4. The molecule has 1 aliphatic carbocycles. The first-order chi connectivity index (χ1) is 12.3. The molecule has 3 atom stereocenters. The predicted molar refractivity (Wildman–Crippen MR) is 90.3 cm³/mol. The summed E-state index contributed by atoms with van der Waals surface area (Å²) in [6.45, 7) is 2.75. The Bertz CT molecular complexity index is 595. The van der Waals surface area contributed by atoms with Crippen molar-refractivity contribution in [2.24, 2.45) is 11.7 Å². The van der Waals surface area contributed by atoms with Gasteiger partial charge in [-0.1, -0.05) is 19.1 Å². The Morgan fingerprint density at radius 2 is 2.12 bits per heavy atom. The minimum absolute atomic E-state index is 0.0678. The van der Waals surface area contributed by atoms with Crippen LogP contribution in [-0.4, -0.2) is 31.0 Å². The van der Waals surface area contributed by atoms with E-state index in [-0.39, 0.29) is 36.3 Å². The molecule has 146 valence electrons. The van der Waals surface area contributed by atoms with E-state index < -0.39 is 6.36 Å². The Labute approximate surface area is 151 Å².